The number of aliphatic hydroxyl groups excluding tert-OH is 3. The van der Waals surface area contributed by atoms with Gasteiger partial charge < -0.3 is 24.8 Å². The molecule has 8 heteroatoms. The molecular weight excluding hydrogens is 346 g/mol. The Morgan fingerprint density at radius 1 is 1.16 bits per heavy atom. The van der Waals surface area contributed by atoms with Crippen LogP contribution < -0.4 is 10.2 Å². The molecule has 1 aromatic carbocycles. The van der Waals surface area contributed by atoms with E-state index in [1.165, 1.54) is 16.8 Å². The highest BCUT2D eigenvalue weighted by Crippen LogP contribution is 2.31. The van der Waals surface area contributed by atoms with Crippen LogP contribution in [0.3, 0.4) is 0 Å². The molecule has 1 fully saturated rings. The van der Waals surface area contributed by atoms with Gasteiger partial charge in [-0.2, -0.15) is 0 Å². The van der Waals surface area contributed by atoms with Crippen molar-refractivity contribution in [1.29, 1.82) is 0 Å². The first-order valence-corrected chi connectivity index (χ1v) is 8.92. The molecule has 3 N–H and O–H groups in total. The van der Waals surface area contributed by atoms with E-state index in [4.69, 9.17) is 14.6 Å². The SMILES string of the molecule is Bc1ccc(Cc2sccc2OC2OC(CO)C(F)C(O)C2O)cc1. The van der Waals surface area contributed by atoms with Gasteiger partial charge in [-0.05, 0) is 17.0 Å². The molecule has 0 amide bonds. The molecule has 134 valence electrons. The summed E-state index contributed by atoms with van der Waals surface area (Å²) in [5.74, 6) is 0.510. The Labute approximate surface area is 150 Å². The third-order valence-electron chi connectivity index (χ3n) is 4.23. The predicted molar refractivity (Wildman–Crippen MR) is 95.0 cm³/mol. The normalized spacial score (nSPS) is 29.5. The van der Waals surface area contributed by atoms with E-state index in [1.807, 2.05) is 37.5 Å². The van der Waals surface area contributed by atoms with Crippen molar-refractivity contribution in [3.8, 4) is 5.75 Å². The van der Waals surface area contributed by atoms with Crippen LogP contribution >= 0.6 is 11.3 Å². The molecule has 25 heavy (non-hydrogen) atoms. The lowest BCUT2D eigenvalue weighted by molar-refractivity contribution is -0.265. The summed E-state index contributed by atoms with van der Waals surface area (Å²) in [5, 5.41) is 30.8. The molecule has 0 aliphatic carbocycles. The fourth-order valence-corrected chi connectivity index (χ4v) is 3.56. The van der Waals surface area contributed by atoms with Crippen LogP contribution in [0.25, 0.3) is 0 Å². The van der Waals surface area contributed by atoms with E-state index in [-0.39, 0.29) is 0 Å². The van der Waals surface area contributed by atoms with Crippen LogP contribution in [0.1, 0.15) is 10.4 Å². The zero-order valence-corrected chi connectivity index (χ0v) is 14.5. The second kappa shape index (κ2) is 7.84. The van der Waals surface area contributed by atoms with E-state index in [0.29, 0.717) is 12.2 Å². The van der Waals surface area contributed by atoms with Gasteiger partial charge in [-0.25, -0.2) is 4.39 Å². The highest BCUT2D eigenvalue weighted by atomic mass is 32.1. The molecule has 2 heterocycles. The lowest BCUT2D eigenvalue weighted by Gasteiger charge is -2.38. The molecule has 5 nitrogen and oxygen atoms in total. The first-order valence-electron chi connectivity index (χ1n) is 8.04. The van der Waals surface area contributed by atoms with Gasteiger partial charge in [0.05, 0.1) is 11.5 Å². The molecule has 5 unspecified atom stereocenters. The van der Waals surface area contributed by atoms with Gasteiger partial charge in [-0.3, -0.25) is 0 Å². The molecule has 0 radical (unpaired) electrons. The van der Waals surface area contributed by atoms with Crippen LogP contribution in [-0.2, 0) is 11.2 Å². The van der Waals surface area contributed by atoms with Gasteiger partial charge in [0, 0.05) is 6.42 Å². The zero-order chi connectivity index (χ0) is 18.0. The van der Waals surface area contributed by atoms with Gasteiger partial charge in [0.25, 0.3) is 0 Å². The van der Waals surface area contributed by atoms with Gasteiger partial charge >= 0.3 is 0 Å². The number of hydrogen-bond acceptors (Lipinski definition) is 6. The monoisotopic (exact) mass is 366 g/mol. The van der Waals surface area contributed by atoms with Crippen molar-refractivity contribution in [3.63, 3.8) is 0 Å². The smallest absolute Gasteiger partial charge is 0.229 e. The average Bonchev–Trinajstić information content (AvgIpc) is 3.04. The van der Waals surface area contributed by atoms with Crippen LogP contribution in [-0.4, -0.2) is 60.5 Å². The van der Waals surface area contributed by atoms with Crippen LogP contribution in [0.5, 0.6) is 5.75 Å². The number of aliphatic hydroxyl groups is 3. The third kappa shape index (κ3) is 4.04. The molecule has 5 atom stereocenters. The largest absolute Gasteiger partial charge is 0.461 e. The van der Waals surface area contributed by atoms with Crippen molar-refractivity contribution < 1.29 is 29.2 Å². The van der Waals surface area contributed by atoms with Crippen LogP contribution in [0.4, 0.5) is 4.39 Å². The number of ether oxygens (including phenoxy) is 2. The van der Waals surface area contributed by atoms with Crippen molar-refractivity contribution in [1.82, 2.24) is 0 Å². The summed E-state index contributed by atoms with van der Waals surface area (Å²) < 4.78 is 24.8. The van der Waals surface area contributed by atoms with Crippen LogP contribution in [0, 0.1) is 0 Å². The maximum Gasteiger partial charge on any atom is 0.229 e. The molecular formula is C17H20BFO5S. The summed E-state index contributed by atoms with van der Waals surface area (Å²) in [6, 6.07) is 9.86. The molecule has 2 aromatic rings. The summed E-state index contributed by atoms with van der Waals surface area (Å²) in [4.78, 5) is 0.928. The Morgan fingerprint density at radius 2 is 1.88 bits per heavy atom. The Bertz CT molecular complexity index is 693. The quantitative estimate of drug-likeness (QED) is 0.637. The van der Waals surface area contributed by atoms with Gasteiger partial charge in [-0.1, -0.05) is 29.7 Å². The number of halogens is 1. The van der Waals surface area contributed by atoms with Crippen molar-refractivity contribution in [2.75, 3.05) is 6.61 Å². The Balaban J connectivity index is 1.73. The van der Waals surface area contributed by atoms with Gasteiger partial charge in [0.15, 0.2) is 6.17 Å². The van der Waals surface area contributed by atoms with E-state index in [1.54, 1.807) is 6.07 Å². The number of thiophene rings is 1. The van der Waals surface area contributed by atoms with Crippen LogP contribution in [0.15, 0.2) is 35.7 Å². The number of benzene rings is 1. The van der Waals surface area contributed by atoms with Crippen molar-refractivity contribution in [2.45, 2.75) is 37.2 Å². The second-order valence-corrected chi connectivity index (χ2v) is 7.14. The molecule has 3 rings (SSSR count). The van der Waals surface area contributed by atoms with Crippen molar-refractivity contribution in [3.05, 3.63) is 46.2 Å². The average molecular weight is 366 g/mol. The Hall–Kier alpha value is -1.45. The van der Waals surface area contributed by atoms with Crippen LogP contribution in [0.2, 0.25) is 0 Å². The first-order chi connectivity index (χ1) is 12.0. The van der Waals surface area contributed by atoms with E-state index >= 15 is 0 Å². The number of alkyl halides is 1. The van der Waals surface area contributed by atoms with Gasteiger partial charge in [-0.15, -0.1) is 11.3 Å². The molecule has 0 saturated carbocycles. The predicted octanol–water partition coefficient (Wildman–Crippen LogP) is -0.247. The summed E-state index contributed by atoms with van der Waals surface area (Å²) in [7, 11) is 2.02. The molecule has 1 saturated heterocycles. The molecule has 0 spiro atoms. The first kappa shape index (κ1) is 18.3. The number of hydrogen-bond donors (Lipinski definition) is 3. The van der Waals surface area contributed by atoms with Crippen molar-refractivity contribution in [2.24, 2.45) is 0 Å². The molecule has 1 aliphatic rings. The maximum atomic E-state index is 13.8. The van der Waals surface area contributed by atoms with E-state index in [0.717, 1.165) is 10.4 Å². The van der Waals surface area contributed by atoms with E-state index in [2.05, 4.69) is 0 Å². The lowest BCUT2D eigenvalue weighted by atomic mass is 9.95. The third-order valence-corrected chi connectivity index (χ3v) is 5.13. The minimum absolute atomic E-state index is 0.510. The number of rotatable bonds is 5. The Morgan fingerprint density at radius 3 is 2.56 bits per heavy atom. The fraction of sp³-hybridized carbons (Fsp3) is 0.412. The zero-order valence-electron chi connectivity index (χ0n) is 13.7. The lowest BCUT2D eigenvalue weighted by Crippen LogP contribution is -2.58. The molecule has 1 aromatic heterocycles. The minimum atomic E-state index is -1.87. The van der Waals surface area contributed by atoms with E-state index < -0.39 is 37.4 Å². The minimum Gasteiger partial charge on any atom is -0.461 e. The second-order valence-electron chi connectivity index (χ2n) is 6.14. The summed E-state index contributed by atoms with van der Waals surface area (Å²) >= 11 is 1.50. The summed E-state index contributed by atoms with van der Waals surface area (Å²) in [6.45, 7) is -0.606. The highest BCUT2D eigenvalue weighted by molar-refractivity contribution is 7.10. The fourth-order valence-electron chi connectivity index (χ4n) is 2.72. The van der Waals surface area contributed by atoms with E-state index in [9.17, 15) is 14.6 Å². The topological polar surface area (TPSA) is 79.2 Å². The summed E-state index contributed by atoms with van der Waals surface area (Å²) in [6.07, 6.45) is -6.91. The maximum absolute atomic E-state index is 13.8. The molecule has 0 bridgehead atoms. The molecule has 1 aliphatic heterocycles. The summed E-state index contributed by atoms with van der Waals surface area (Å²) in [5.41, 5.74) is 2.29. The van der Waals surface area contributed by atoms with Gasteiger partial charge in [0.2, 0.25) is 6.29 Å². The van der Waals surface area contributed by atoms with Gasteiger partial charge in [0.1, 0.15) is 31.9 Å². The highest BCUT2D eigenvalue weighted by Gasteiger charge is 2.46. The standard InChI is InChI=1S/C17H20BFO5S/c18-10-3-1-9(2-4-10)7-13-11(5-6-25-13)23-17-16(22)15(21)14(19)12(8-20)24-17/h1-6,12,14-17,20-22H,7-8,18H2. The van der Waals surface area contributed by atoms with Crippen molar-refractivity contribution >= 4 is 24.6 Å². The Kier molecular flexibility index (Phi) is 5.76.